The predicted molar refractivity (Wildman–Crippen MR) is 84.4 cm³/mol. The van der Waals surface area contributed by atoms with E-state index >= 15 is 0 Å². The van der Waals surface area contributed by atoms with Crippen molar-refractivity contribution in [3.8, 4) is 0 Å². The molecule has 0 atom stereocenters. The van der Waals surface area contributed by atoms with Crippen LogP contribution in [0.2, 0.25) is 0 Å². The van der Waals surface area contributed by atoms with Gasteiger partial charge in [0.05, 0.1) is 0 Å². The predicted octanol–water partition coefficient (Wildman–Crippen LogP) is 5.21. The van der Waals surface area contributed by atoms with Gasteiger partial charge in [-0.05, 0) is 27.2 Å². The van der Waals surface area contributed by atoms with Gasteiger partial charge in [-0.25, -0.2) is 0 Å². The lowest BCUT2D eigenvalue weighted by Crippen LogP contribution is -2.40. The van der Waals surface area contributed by atoms with Crippen molar-refractivity contribution < 1.29 is 4.79 Å². The Bertz CT molecular complexity index is 218. The van der Waals surface area contributed by atoms with Crippen molar-refractivity contribution in [2.75, 3.05) is 0 Å². The van der Waals surface area contributed by atoms with Gasteiger partial charge in [0.15, 0.2) is 0 Å². The highest BCUT2D eigenvalue weighted by Crippen LogP contribution is 2.11. The van der Waals surface area contributed by atoms with Gasteiger partial charge in [0.2, 0.25) is 5.91 Å². The van der Waals surface area contributed by atoms with Gasteiger partial charge in [-0.2, -0.15) is 0 Å². The summed E-state index contributed by atoms with van der Waals surface area (Å²) in [6.07, 6.45) is 13.9. The van der Waals surface area contributed by atoms with Crippen molar-refractivity contribution in [3.05, 3.63) is 0 Å². The molecule has 114 valence electrons. The molecule has 1 amide bonds. The third kappa shape index (κ3) is 15.4. The number of carbonyl (C=O) groups is 1. The number of carbonyl (C=O) groups excluding carboxylic acids is 1. The molecule has 1 N–H and O–H groups in total. The summed E-state index contributed by atoms with van der Waals surface area (Å²) in [5.41, 5.74) is -0.0877. The first-order valence-corrected chi connectivity index (χ1v) is 8.26. The quantitative estimate of drug-likeness (QED) is 0.512. The first-order chi connectivity index (χ1) is 8.95. The highest BCUT2D eigenvalue weighted by molar-refractivity contribution is 5.76. The third-order valence-corrected chi connectivity index (χ3v) is 3.27. The number of amides is 1. The monoisotopic (exact) mass is 269 g/mol. The van der Waals surface area contributed by atoms with E-state index in [1.54, 1.807) is 0 Å². The van der Waals surface area contributed by atoms with Crippen LogP contribution in [0.15, 0.2) is 0 Å². The SMILES string of the molecule is CCCCCCCCCCCCC(=O)NC(C)(C)C. The standard InChI is InChI=1S/C17H35NO/c1-5-6-7-8-9-10-11-12-13-14-15-16(19)18-17(2,3)4/h5-15H2,1-4H3,(H,18,19). The van der Waals surface area contributed by atoms with Crippen LogP contribution in [0.5, 0.6) is 0 Å². The Balaban J connectivity index is 3.21. The highest BCUT2D eigenvalue weighted by Gasteiger charge is 2.12. The molecule has 0 heterocycles. The first kappa shape index (κ1) is 18.5. The highest BCUT2D eigenvalue weighted by atomic mass is 16.1. The molecule has 2 heteroatoms. The number of rotatable bonds is 11. The van der Waals surface area contributed by atoms with Gasteiger partial charge in [-0.15, -0.1) is 0 Å². The lowest BCUT2D eigenvalue weighted by molar-refractivity contribution is -0.122. The summed E-state index contributed by atoms with van der Waals surface area (Å²) in [7, 11) is 0. The molecule has 2 nitrogen and oxygen atoms in total. The van der Waals surface area contributed by atoms with Gasteiger partial charge in [-0.3, -0.25) is 4.79 Å². The Morgan fingerprint density at radius 2 is 1.21 bits per heavy atom. The third-order valence-electron chi connectivity index (χ3n) is 3.27. The van der Waals surface area contributed by atoms with Crippen molar-refractivity contribution in [2.24, 2.45) is 0 Å². The lowest BCUT2D eigenvalue weighted by atomic mass is 10.1. The van der Waals surface area contributed by atoms with Crippen LogP contribution in [0, 0.1) is 0 Å². The van der Waals surface area contributed by atoms with Gasteiger partial charge >= 0.3 is 0 Å². The molecule has 0 rings (SSSR count). The van der Waals surface area contributed by atoms with E-state index in [1.165, 1.54) is 57.8 Å². The average Bonchev–Trinajstić information content (AvgIpc) is 2.29. The van der Waals surface area contributed by atoms with Gasteiger partial charge < -0.3 is 5.32 Å². The van der Waals surface area contributed by atoms with E-state index in [2.05, 4.69) is 12.2 Å². The normalized spacial score (nSPS) is 11.6. The number of nitrogens with one attached hydrogen (secondary N) is 1. The zero-order chi connectivity index (χ0) is 14.6. The van der Waals surface area contributed by atoms with E-state index in [0.717, 1.165) is 6.42 Å². The van der Waals surface area contributed by atoms with Crippen LogP contribution in [-0.4, -0.2) is 11.4 Å². The van der Waals surface area contributed by atoms with Crippen molar-refractivity contribution in [2.45, 2.75) is 104 Å². The lowest BCUT2D eigenvalue weighted by Gasteiger charge is -2.20. The fraction of sp³-hybridized carbons (Fsp3) is 0.941. The van der Waals surface area contributed by atoms with Crippen molar-refractivity contribution in [1.29, 1.82) is 0 Å². The zero-order valence-electron chi connectivity index (χ0n) is 13.7. The molecule has 0 fully saturated rings. The smallest absolute Gasteiger partial charge is 0.220 e. The number of hydrogen-bond acceptors (Lipinski definition) is 1. The summed E-state index contributed by atoms with van der Waals surface area (Å²) in [5, 5.41) is 3.01. The molecule has 0 saturated carbocycles. The minimum atomic E-state index is -0.0877. The second-order valence-corrected chi connectivity index (χ2v) is 6.73. The van der Waals surface area contributed by atoms with Crippen molar-refractivity contribution in [3.63, 3.8) is 0 Å². The molecule has 0 aromatic heterocycles. The minimum Gasteiger partial charge on any atom is -0.352 e. The van der Waals surface area contributed by atoms with E-state index in [-0.39, 0.29) is 11.4 Å². The van der Waals surface area contributed by atoms with Crippen molar-refractivity contribution >= 4 is 5.91 Å². The maximum atomic E-state index is 11.6. The van der Waals surface area contributed by atoms with Gasteiger partial charge in [0, 0.05) is 12.0 Å². The number of hydrogen-bond donors (Lipinski definition) is 1. The molecule has 0 aliphatic rings. The molecule has 0 aromatic carbocycles. The Labute approximate surface area is 120 Å². The largest absolute Gasteiger partial charge is 0.352 e. The molecule has 0 aliphatic heterocycles. The van der Waals surface area contributed by atoms with Crippen molar-refractivity contribution in [1.82, 2.24) is 5.32 Å². The van der Waals surface area contributed by atoms with Crippen LogP contribution in [0.1, 0.15) is 98.3 Å². The molecule has 19 heavy (non-hydrogen) atoms. The van der Waals surface area contributed by atoms with Gasteiger partial charge in [0.1, 0.15) is 0 Å². The fourth-order valence-corrected chi connectivity index (χ4v) is 2.25. The second-order valence-electron chi connectivity index (χ2n) is 6.73. The summed E-state index contributed by atoms with van der Waals surface area (Å²) < 4.78 is 0. The Hall–Kier alpha value is -0.530. The molecule has 0 unspecified atom stereocenters. The molecule has 0 aromatic rings. The summed E-state index contributed by atoms with van der Waals surface area (Å²) >= 11 is 0. The fourth-order valence-electron chi connectivity index (χ4n) is 2.25. The van der Waals surface area contributed by atoms with E-state index in [0.29, 0.717) is 6.42 Å². The van der Waals surface area contributed by atoms with Crippen LogP contribution in [0.4, 0.5) is 0 Å². The average molecular weight is 269 g/mol. The number of unbranched alkanes of at least 4 members (excludes halogenated alkanes) is 9. The van der Waals surface area contributed by atoms with Crippen LogP contribution >= 0.6 is 0 Å². The molecule has 0 spiro atoms. The Morgan fingerprint density at radius 1 is 0.789 bits per heavy atom. The van der Waals surface area contributed by atoms with Gasteiger partial charge in [0.25, 0.3) is 0 Å². The summed E-state index contributed by atoms with van der Waals surface area (Å²) in [4.78, 5) is 11.6. The van der Waals surface area contributed by atoms with Crippen LogP contribution < -0.4 is 5.32 Å². The van der Waals surface area contributed by atoms with Crippen LogP contribution in [-0.2, 0) is 4.79 Å². The molecular weight excluding hydrogens is 234 g/mol. The molecule has 0 radical (unpaired) electrons. The topological polar surface area (TPSA) is 29.1 Å². The molecular formula is C17H35NO. The van der Waals surface area contributed by atoms with E-state index in [4.69, 9.17) is 0 Å². The zero-order valence-corrected chi connectivity index (χ0v) is 13.7. The first-order valence-electron chi connectivity index (χ1n) is 8.26. The maximum absolute atomic E-state index is 11.6. The summed E-state index contributed by atoms with van der Waals surface area (Å²) in [6, 6.07) is 0. The molecule has 0 aliphatic carbocycles. The van der Waals surface area contributed by atoms with Crippen LogP contribution in [0.25, 0.3) is 0 Å². The van der Waals surface area contributed by atoms with E-state index < -0.39 is 0 Å². The Kier molecular flexibility index (Phi) is 11.0. The Morgan fingerprint density at radius 3 is 1.63 bits per heavy atom. The molecule has 0 bridgehead atoms. The maximum Gasteiger partial charge on any atom is 0.220 e. The van der Waals surface area contributed by atoms with E-state index in [1.807, 2.05) is 20.8 Å². The summed E-state index contributed by atoms with van der Waals surface area (Å²) in [6.45, 7) is 8.35. The van der Waals surface area contributed by atoms with Gasteiger partial charge in [-0.1, -0.05) is 64.7 Å². The minimum absolute atomic E-state index is 0.0877. The summed E-state index contributed by atoms with van der Waals surface area (Å²) in [5.74, 6) is 0.201. The second kappa shape index (κ2) is 11.3. The van der Waals surface area contributed by atoms with E-state index in [9.17, 15) is 4.79 Å². The van der Waals surface area contributed by atoms with Crippen LogP contribution in [0.3, 0.4) is 0 Å². The molecule has 0 saturated heterocycles.